The second-order valence-corrected chi connectivity index (χ2v) is 7.43. The van der Waals surface area contributed by atoms with Crippen molar-refractivity contribution in [2.24, 2.45) is 0 Å². The predicted octanol–water partition coefficient (Wildman–Crippen LogP) is 5.91. The standard InChI is InChI=1S/C24H20ClNO2/c1-26(2)15-20-22(16-7-4-3-5-8-16)19-9-6-10-21(23(19)24(20)27)28-18-13-11-17(25)12-14-18/h3-15,22H,1-2H3/b20-15-. The molecule has 0 heterocycles. The molecule has 4 heteroatoms. The smallest absolute Gasteiger partial charge is 0.195 e. The Balaban J connectivity index is 1.83. The Morgan fingerprint density at radius 2 is 1.64 bits per heavy atom. The van der Waals surface area contributed by atoms with E-state index in [0.717, 1.165) is 16.7 Å². The highest BCUT2D eigenvalue weighted by atomic mass is 35.5. The Labute approximate surface area is 169 Å². The van der Waals surface area contributed by atoms with Crippen molar-refractivity contribution in [1.29, 1.82) is 0 Å². The summed E-state index contributed by atoms with van der Waals surface area (Å²) in [5.41, 5.74) is 3.43. The summed E-state index contributed by atoms with van der Waals surface area (Å²) in [7, 11) is 3.85. The van der Waals surface area contributed by atoms with Crippen LogP contribution in [0.25, 0.3) is 0 Å². The maximum absolute atomic E-state index is 13.4. The van der Waals surface area contributed by atoms with Gasteiger partial charge >= 0.3 is 0 Å². The molecule has 0 saturated heterocycles. The number of nitrogens with zero attached hydrogens (tertiary/aromatic N) is 1. The Morgan fingerprint density at radius 1 is 0.929 bits per heavy atom. The molecule has 0 aliphatic heterocycles. The molecule has 140 valence electrons. The Kier molecular flexibility index (Phi) is 4.93. The van der Waals surface area contributed by atoms with Gasteiger partial charge in [0, 0.05) is 36.8 Å². The average Bonchev–Trinajstić information content (AvgIpc) is 2.96. The van der Waals surface area contributed by atoms with E-state index in [9.17, 15) is 4.79 Å². The molecule has 3 nitrogen and oxygen atoms in total. The Hall–Kier alpha value is -3.04. The van der Waals surface area contributed by atoms with Crippen molar-refractivity contribution >= 4 is 17.4 Å². The van der Waals surface area contributed by atoms with E-state index in [-0.39, 0.29) is 11.7 Å². The number of benzene rings is 3. The van der Waals surface area contributed by atoms with E-state index >= 15 is 0 Å². The zero-order valence-corrected chi connectivity index (χ0v) is 16.5. The summed E-state index contributed by atoms with van der Waals surface area (Å²) >= 11 is 5.96. The molecule has 0 N–H and O–H groups in total. The molecule has 1 atom stereocenters. The summed E-state index contributed by atoms with van der Waals surface area (Å²) in [5, 5.41) is 0.641. The monoisotopic (exact) mass is 389 g/mol. The SMILES string of the molecule is CN(C)/C=C1\C(=O)c2c(Oc3ccc(Cl)cc3)cccc2C1c1ccccc1. The third kappa shape index (κ3) is 3.41. The molecule has 1 aliphatic rings. The summed E-state index contributed by atoms with van der Waals surface area (Å²) in [6.07, 6.45) is 1.91. The van der Waals surface area contributed by atoms with E-state index in [2.05, 4.69) is 12.1 Å². The number of halogens is 1. The minimum atomic E-state index is -0.111. The average molecular weight is 390 g/mol. The molecule has 0 spiro atoms. The van der Waals surface area contributed by atoms with Gasteiger partial charge in [-0.1, -0.05) is 54.1 Å². The summed E-state index contributed by atoms with van der Waals surface area (Å²) in [5.74, 6) is 1.10. The van der Waals surface area contributed by atoms with Gasteiger partial charge in [-0.2, -0.15) is 0 Å². The minimum absolute atomic E-state index is 0.00196. The number of rotatable bonds is 4. The highest BCUT2D eigenvalue weighted by Gasteiger charge is 2.38. The lowest BCUT2D eigenvalue weighted by molar-refractivity contribution is 0.103. The van der Waals surface area contributed by atoms with Gasteiger partial charge in [0.15, 0.2) is 5.78 Å². The maximum Gasteiger partial charge on any atom is 0.195 e. The van der Waals surface area contributed by atoms with Gasteiger partial charge in [0.2, 0.25) is 0 Å². The first-order chi connectivity index (χ1) is 13.5. The van der Waals surface area contributed by atoms with Crippen molar-refractivity contribution in [1.82, 2.24) is 4.90 Å². The van der Waals surface area contributed by atoms with Crippen LogP contribution in [-0.2, 0) is 0 Å². The lowest BCUT2D eigenvalue weighted by Gasteiger charge is -2.16. The van der Waals surface area contributed by atoms with Gasteiger partial charge < -0.3 is 9.64 Å². The molecule has 3 aromatic rings. The van der Waals surface area contributed by atoms with Gasteiger partial charge in [-0.15, -0.1) is 0 Å². The predicted molar refractivity (Wildman–Crippen MR) is 112 cm³/mol. The highest BCUT2D eigenvalue weighted by molar-refractivity contribution is 6.30. The third-order valence-corrected chi connectivity index (χ3v) is 4.99. The number of allylic oxidation sites excluding steroid dienone is 1. The van der Waals surface area contributed by atoms with Crippen LogP contribution < -0.4 is 4.74 Å². The summed E-state index contributed by atoms with van der Waals surface area (Å²) in [6.45, 7) is 0. The molecular formula is C24H20ClNO2. The Bertz CT molecular complexity index is 1040. The second kappa shape index (κ2) is 7.53. The number of ketones is 1. The molecule has 0 saturated carbocycles. The van der Waals surface area contributed by atoms with E-state index in [1.54, 1.807) is 24.3 Å². The molecule has 0 amide bonds. The van der Waals surface area contributed by atoms with Crippen LogP contribution in [-0.4, -0.2) is 24.8 Å². The number of Topliss-reactive ketones (excluding diaryl/α,β-unsaturated/α-hetero) is 1. The van der Waals surface area contributed by atoms with Crippen molar-refractivity contribution in [2.45, 2.75) is 5.92 Å². The van der Waals surface area contributed by atoms with E-state index in [1.165, 1.54) is 0 Å². The molecule has 0 aromatic heterocycles. The molecule has 28 heavy (non-hydrogen) atoms. The summed E-state index contributed by atoms with van der Waals surface area (Å²) in [6, 6.07) is 23.0. The van der Waals surface area contributed by atoms with Crippen molar-refractivity contribution in [2.75, 3.05) is 14.1 Å². The minimum Gasteiger partial charge on any atom is -0.457 e. The largest absolute Gasteiger partial charge is 0.457 e. The van der Waals surface area contributed by atoms with E-state index in [1.807, 2.05) is 61.6 Å². The maximum atomic E-state index is 13.4. The summed E-state index contributed by atoms with van der Waals surface area (Å²) in [4.78, 5) is 15.3. The van der Waals surface area contributed by atoms with Crippen molar-refractivity contribution in [3.8, 4) is 11.5 Å². The molecule has 1 unspecified atom stereocenters. The van der Waals surface area contributed by atoms with Gasteiger partial charge in [-0.25, -0.2) is 0 Å². The van der Waals surface area contributed by atoms with E-state index in [0.29, 0.717) is 22.1 Å². The Morgan fingerprint density at radius 3 is 2.32 bits per heavy atom. The summed E-state index contributed by atoms with van der Waals surface area (Å²) < 4.78 is 6.06. The molecule has 0 radical (unpaired) electrons. The number of ether oxygens (including phenoxy) is 1. The zero-order chi connectivity index (χ0) is 19.7. The van der Waals surface area contributed by atoms with Crippen LogP contribution in [0.2, 0.25) is 5.02 Å². The first-order valence-electron chi connectivity index (χ1n) is 9.08. The zero-order valence-electron chi connectivity index (χ0n) is 15.7. The van der Waals surface area contributed by atoms with Crippen LogP contribution in [0.4, 0.5) is 0 Å². The fourth-order valence-corrected chi connectivity index (χ4v) is 3.73. The topological polar surface area (TPSA) is 29.5 Å². The van der Waals surface area contributed by atoms with Gasteiger partial charge in [0.25, 0.3) is 0 Å². The van der Waals surface area contributed by atoms with Crippen LogP contribution in [0.5, 0.6) is 11.5 Å². The van der Waals surface area contributed by atoms with E-state index in [4.69, 9.17) is 16.3 Å². The van der Waals surface area contributed by atoms with Crippen LogP contribution >= 0.6 is 11.6 Å². The van der Waals surface area contributed by atoms with E-state index < -0.39 is 0 Å². The second-order valence-electron chi connectivity index (χ2n) is 7.00. The number of fused-ring (bicyclic) bond motifs is 1. The molecule has 0 fully saturated rings. The molecule has 3 aromatic carbocycles. The van der Waals surface area contributed by atoms with Crippen molar-refractivity contribution in [3.05, 3.63) is 106 Å². The molecule has 1 aliphatic carbocycles. The quantitative estimate of drug-likeness (QED) is 0.520. The third-order valence-electron chi connectivity index (χ3n) is 4.74. The van der Waals surface area contributed by atoms with Crippen LogP contribution in [0.3, 0.4) is 0 Å². The van der Waals surface area contributed by atoms with Crippen LogP contribution in [0.15, 0.2) is 84.6 Å². The molecule has 0 bridgehead atoms. The van der Waals surface area contributed by atoms with Gasteiger partial charge in [-0.05, 0) is 41.5 Å². The van der Waals surface area contributed by atoms with Crippen molar-refractivity contribution < 1.29 is 9.53 Å². The highest BCUT2D eigenvalue weighted by Crippen LogP contribution is 2.46. The first-order valence-corrected chi connectivity index (χ1v) is 9.46. The van der Waals surface area contributed by atoms with Gasteiger partial charge in [0.05, 0.1) is 5.56 Å². The van der Waals surface area contributed by atoms with Crippen LogP contribution in [0.1, 0.15) is 27.4 Å². The molecular weight excluding hydrogens is 370 g/mol. The fraction of sp³-hybridized carbons (Fsp3) is 0.125. The lowest BCUT2D eigenvalue weighted by atomic mass is 9.90. The fourth-order valence-electron chi connectivity index (χ4n) is 3.61. The lowest BCUT2D eigenvalue weighted by Crippen LogP contribution is -2.09. The number of hydrogen-bond acceptors (Lipinski definition) is 3. The molecule has 4 rings (SSSR count). The first kappa shape index (κ1) is 18.3. The van der Waals surface area contributed by atoms with Gasteiger partial charge in [0.1, 0.15) is 11.5 Å². The van der Waals surface area contributed by atoms with Gasteiger partial charge in [-0.3, -0.25) is 4.79 Å². The number of carbonyl (C=O) groups is 1. The number of carbonyl (C=O) groups excluding carboxylic acids is 1. The van der Waals surface area contributed by atoms with Crippen LogP contribution in [0, 0.1) is 0 Å². The normalized spacial score (nSPS) is 16.9. The number of hydrogen-bond donors (Lipinski definition) is 0. The van der Waals surface area contributed by atoms with Crippen molar-refractivity contribution in [3.63, 3.8) is 0 Å².